The number of amides is 3. The highest BCUT2D eigenvalue weighted by atomic mass is 16.2. The maximum atomic E-state index is 12.8. The number of rotatable bonds is 3. The Morgan fingerprint density at radius 2 is 2.04 bits per heavy atom. The molecule has 2 aliphatic heterocycles. The molecule has 0 N–H and O–H groups in total. The lowest BCUT2D eigenvalue weighted by molar-refractivity contribution is -0.157. The van der Waals surface area contributed by atoms with Crippen molar-refractivity contribution < 1.29 is 14.4 Å². The van der Waals surface area contributed by atoms with Crippen LogP contribution in [0.3, 0.4) is 0 Å². The van der Waals surface area contributed by atoms with E-state index in [2.05, 4.69) is 12.0 Å². The van der Waals surface area contributed by atoms with Gasteiger partial charge in [-0.05, 0) is 12.5 Å². The number of hydrogen-bond donors (Lipinski definition) is 0. The second kappa shape index (κ2) is 6.26. The lowest BCUT2D eigenvalue weighted by atomic mass is 10.1. The van der Waals surface area contributed by atoms with Crippen molar-refractivity contribution in [1.82, 2.24) is 24.5 Å². The summed E-state index contributed by atoms with van der Waals surface area (Å²) in [5, 5.41) is 4.37. The summed E-state index contributed by atoms with van der Waals surface area (Å²) in [6, 6.07) is 1.25. The smallest absolute Gasteiger partial charge is 0.272 e. The van der Waals surface area contributed by atoms with Gasteiger partial charge < -0.3 is 14.7 Å². The summed E-state index contributed by atoms with van der Waals surface area (Å²) >= 11 is 0. The average molecular weight is 333 g/mol. The summed E-state index contributed by atoms with van der Waals surface area (Å²) in [4.78, 5) is 41.9. The van der Waals surface area contributed by atoms with Crippen LogP contribution in [0.5, 0.6) is 0 Å². The van der Waals surface area contributed by atoms with Gasteiger partial charge in [-0.15, -0.1) is 0 Å². The molecule has 1 aromatic heterocycles. The molecule has 3 heterocycles. The van der Waals surface area contributed by atoms with Gasteiger partial charge in [0.2, 0.25) is 11.8 Å². The topological polar surface area (TPSA) is 78.8 Å². The Balaban J connectivity index is 1.77. The molecule has 0 unspecified atom stereocenters. The first-order valence-electron chi connectivity index (χ1n) is 8.29. The summed E-state index contributed by atoms with van der Waals surface area (Å²) in [6.07, 6.45) is 1.80. The van der Waals surface area contributed by atoms with E-state index in [0.29, 0.717) is 18.8 Å². The van der Waals surface area contributed by atoms with Crippen molar-refractivity contribution >= 4 is 17.7 Å². The molecule has 0 spiro atoms. The van der Waals surface area contributed by atoms with E-state index in [1.54, 1.807) is 28.6 Å². The van der Waals surface area contributed by atoms with Gasteiger partial charge in [0, 0.05) is 27.2 Å². The molecule has 0 saturated carbocycles. The molecule has 1 aromatic rings. The lowest BCUT2D eigenvalue weighted by Gasteiger charge is -2.45. The minimum Gasteiger partial charge on any atom is -0.335 e. The Labute approximate surface area is 141 Å². The Bertz CT molecular complexity index is 683. The van der Waals surface area contributed by atoms with Crippen molar-refractivity contribution in [2.75, 3.05) is 33.2 Å². The quantitative estimate of drug-likeness (QED) is 0.747. The van der Waals surface area contributed by atoms with E-state index in [9.17, 15) is 14.4 Å². The zero-order chi connectivity index (χ0) is 17.4. The molecule has 1 atom stereocenters. The minimum absolute atomic E-state index is 0.0556. The molecule has 8 heteroatoms. The van der Waals surface area contributed by atoms with Gasteiger partial charge in [0.25, 0.3) is 5.91 Å². The molecule has 0 aromatic carbocycles. The van der Waals surface area contributed by atoms with E-state index < -0.39 is 6.04 Å². The SMILES string of the molecule is CCCc1cc(C(=O)N2CCN3C(=O)CN(C)C(=O)[C@@H]3C2)n(C)n1. The second-order valence-corrected chi connectivity index (χ2v) is 6.44. The van der Waals surface area contributed by atoms with Crippen LogP contribution in [0.25, 0.3) is 0 Å². The zero-order valence-corrected chi connectivity index (χ0v) is 14.4. The third-order valence-electron chi connectivity index (χ3n) is 4.68. The van der Waals surface area contributed by atoms with E-state index in [-0.39, 0.29) is 30.8 Å². The third kappa shape index (κ3) is 2.76. The molecule has 0 aliphatic carbocycles. The van der Waals surface area contributed by atoms with E-state index in [1.807, 2.05) is 6.07 Å². The van der Waals surface area contributed by atoms with E-state index in [0.717, 1.165) is 18.5 Å². The third-order valence-corrected chi connectivity index (χ3v) is 4.68. The fraction of sp³-hybridized carbons (Fsp3) is 0.625. The summed E-state index contributed by atoms with van der Waals surface area (Å²) < 4.78 is 1.60. The summed E-state index contributed by atoms with van der Waals surface area (Å²) in [7, 11) is 3.38. The number of fused-ring (bicyclic) bond motifs is 1. The van der Waals surface area contributed by atoms with Crippen LogP contribution in [0.15, 0.2) is 6.07 Å². The number of piperazine rings is 2. The predicted molar refractivity (Wildman–Crippen MR) is 86.2 cm³/mol. The molecule has 130 valence electrons. The maximum Gasteiger partial charge on any atom is 0.272 e. The van der Waals surface area contributed by atoms with Crippen LogP contribution in [0.2, 0.25) is 0 Å². The number of hydrogen-bond acceptors (Lipinski definition) is 4. The number of carbonyl (C=O) groups is 3. The van der Waals surface area contributed by atoms with Crippen molar-refractivity contribution in [3.8, 4) is 0 Å². The first-order valence-corrected chi connectivity index (χ1v) is 8.29. The predicted octanol–water partition coefficient (Wildman–Crippen LogP) is -0.502. The van der Waals surface area contributed by atoms with Crippen LogP contribution in [0, 0.1) is 0 Å². The van der Waals surface area contributed by atoms with Gasteiger partial charge in [-0.3, -0.25) is 19.1 Å². The summed E-state index contributed by atoms with van der Waals surface area (Å²) in [5.41, 5.74) is 1.42. The lowest BCUT2D eigenvalue weighted by Crippen LogP contribution is -2.66. The van der Waals surface area contributed by atoms with E-state index >= 15 is 0 Å². The number of nitrogens with zero attached hydrogens (tertiary/aromatic N) is 5. The van der Waals surface area contributed by atoms with E-state index in [4.69, 9.17) is 0 Å². The number of likely N-dealkylation sites (N-methyl/N-ethyl adjacent to an activating group) is 1. The van der Waals surface area contributed by atoms with Crippen molar-refractivity contribution in [2.24, 2.45) is 7.05 Å². The second-order valence-electron chi connectivity index (χ2n) is 6.44. The van der Waals surface area contributed by atoms with Crippen molar-refractivity contribution in [3.63, 3.8) is 0 Å². The Hall–Kier alpha value is -2.38. The molecule has 2 saturated heterocycles. The van der Waals surface area contributed by atoms with Crippen LogP contribution >= 0.6 is 0 Å². The first kappa shape index (κ1) is 16.5. The molecular weight excluding hydrogens is 310 g/mol. The fourth-order valence-corrected chi connectivity index (χ4v) is 3.37. The van der Waals surface area contributed by atoms with Gasteiger partial charge in [0.1, 0.15) is 11.7 Å². The molecule has 3 amide bonds. The van der Waals surface area contributed by atoms with Crippen LogP contribution in [0.1, 0.15) is 29.5 Å². The van der Waals surface area contributed by atoms with Gasteiger partial charge in [-0.1, -0.05) is 13.3 Å². The number of aryl methyl sites for hydroxylation is 2. The Kier molecular flexibility index (Phi) is 4.29. The first-order chi connectivity index (χ1) is 11.4. The molecule has 0 bridgehead atoms. The number of aromatic nitrogens is 2. The van der Waals surface area contributed by atoms with Gasteiger partial charge in [0.15, 0.2) is 0 Å². The van der Waals surface area contributed by atoms with Gasteiger partial charge in [-0.2, -0.15) is 5.10 Å². The molecule has 2 aliphatic rings. The average Bonchev–Trinajstić information content (AvgIpc) is 2.92. The van der Waals surface area contributed by atoms with E-state index in [1.165, 1.54) is 4.90 Å². The Morgan fingerprint density at radius 1 is 1.29 bits per heavy atom. The van der Waals surface area contributed by atoms with Crippen LogP contribution < -0.4 is 0 Å². The summed E-state index contributed by atoms with van der Waals surface area (Å²) in [6.45, 7) is 3.26. The maximum absolute atomic E-state index is 12.8. The van der Waals surface area contributed by atoms with Crippen molar-refractivity contribution in [3.05, 3.63) is 17.5 Å². The standard InChI is InChI=1S/C16H23N5O3/c1-4-5-11-8-12(19(3)17-11)16(24)20-6-7-21-13(9-20)15(23)18(2)10-14(21)22/h8,13H,4-7,9-10H2,1-3H3/t13-/m0/s1. The highest BCUT2D eigenvalue weighted by Crippen LogP contribution is 2.19. The largest absolute Gasteiger partial charge is 0.335 e. The monoisotopic (exact) mass is 333 g/mol. The fourth-order valence-electron chi connectivity index (χ4n) is 3.37. The molecule has 24 heavy (non-hydrogen) atoms. The van der Waals surface area contributed by atoms with Crippen molar-refractivity contribution in [2.45, 2.75) is 25.8 Å². The van der Waals surface area contributed by atoms with Gasteiger partial charge >= 0.3 is 0 Å². The zero-order valence-electron chi connectivity index (χ0n) is 14.4. The van der Waals surface area contributed by atoms with Gasteiger partial charge in [-0.25, -0.2) is 0 Å². The molecular formula is C16H23N5O3. The molecule has 8 nitrogen and oxygen atoms in total. The van der Waals surface area contributed by atoms with Gasteiger partial charge in [0.05, 0.1) is 18.8 Å². The summed E-state index contributed by atoms with van der Waals surface area (Å²) in [5.74, 6) is -0.302. The highest BCUT2D eigenvalue weighted by molar-refractivity contribution is 5.97. The minimum atomic E-state index is -0.572. The molecule has 2 fully saturated rings. The Morgan fingerprint density at radius 3 is 2.75 bits per heavy atom. The van der Waals surface area contributed by atoms with Crippen LogP contribution in [-0.2, 0) is 23.1 Å². The van der Waals surface area contributed by atoms with Crippen LogP contribution in [-0.4, -0.2) is 81.5 Å². The highest BCUT2D eigenvalue weighted by Gasteiger charge is 2.42. The molecule has 0 radical (unpaired) electrons. The van der Waals surface area contributed by atoms with Crippen LogP contribution in [0.4, 0.5) is 0 Å². The normalized spacial score (nSPS) is 21.3. The number of carbonyl (C=O) groups excluding carboxylic acids is 3. The molecule has 3 rings (SSSR count). The van der Waals surface area contributed by atoms with Crippen molar-refractivity contribution in [1.29, 1.82) is 0 Å².